The van der Waals surface area contributed by atoms with Crippen molar-refractivity contribution in [1.82, 2.24) is 4.90 Å². The highest BCUT2D eigenvalue weighted by atomic mass is 16.5. The van der Waals surface area contributed by atoms with Crippen molar-refractivity contribution >= 4 is 18.2 Å². The lowest BCUT2D eigenvalue weighted by atomic mass is 10.1. The van der Waals surface area contributed by atoms with Crippen molar-refractivity contribution in [3.8, 4) is 0 Å². The predicted octanol–water partition coefficient (Wildman–Crippen LogP) is 1.20. The first-order valence-corrected chi connectivity index (χ1v) is 4.98. The number of methoxy groups -OCH3 is 1. The Kier molecular flexibility index (Phi) is 4.39. The highest BCUT2D eigenvalue weighted by Crippen LogP contribution is 2.06. The minimum Gasteiger partial charge on any atom is -0.465 e. The molecule has 0 aliphatic heterocycles. The second-order valence-corrected chi connectivity index (χ2v) is 3.58. The van der Waals surface area contributed by atoms with E-state index in [1.54, 1.807) is 31.1 Å². The van der Waals surface area contributed by atoms with Crippen LogP contribution in [0.1, 0.15) is 20.7 Å². The summed E-state index contributed by atoms with van der Waals surface area (Å²) in [5.74, 6) is -0.782. The lowest BCUT2D eigenvalue weighted by molar-refractivity contribution is 0.0600. The summed E-state index contributed by atoms with van der Waals surface area (Å²) in [4.78, 5) is 28.1. The average molecular weight is 234 g/mol. The number of hydrogen-bond acceptors (Lipinski definition) is 3. The third kappa shape index (κ3) is 3.71. The molecule has 1 rings (SSSR count). The molecule has 0 saturated carbocycles. The van der Waals surface area contributed by atoms with E-state index in [4.69, 9.17) is 0 Å². The SMILES string of the molecule is COC(=O)c1ccc(C(=O)N=CN(C)C)cc1. The van der Waals surface area contributed by atoms with E-state index in [0.717, 1.165) is 0 Å². The Hall–Kier alpha value is -2.17. The molecule has 0 unspecified atom stereocenters. The van der Waals surface area contributed by atoms with Crippen LogP contribution in [-0.2, 0) is 4.74 Å². The Morgan fingerprint density at radius 1 is 1.18 bits per heavy atom. The van der Waals surface area contributed by atoms with Crippen LogP contribution in [0.3, 0.4) is 0 Å². The van der Waals surface area contributed by atoms with Crippen LogP contribution < -0.4 is 0 Å². The zero-order chi connectivity index (χ0) is 12.8. The number of ether oxygens (including phenoxy) is 1. The van der Waals surface area contributed by atoms with Crippen LogP contribution in [-0.4, -0.2) is 44.3 Å². The van der Waals surface area contributed by atoms with E-state index in [9.17, 15) is 9.59 Å². The van der Waals surface area contributed by atoms with Gasteiger partial charge in [0, 0.05) is 19.7 Å². The lowest BCUT2D eigenvalue weighted by Crippen LogP contribution is -2.10. The van der Waals surface area contributed by atoms with Crippen molar-refractivity contribution in [3.63, 3.8) is 0 Å². The highest BCUT2D eigenvalue weighted by Gasteiger charge is 2.07. The Morgan fingerprint density at radius 3 is 2.18 bits per heavy atom. The summed E-state index contributed by atoms with van der Waals surface area (Å²) in [6.45, 7) is 0. The third-order valence-corrected chi connectivity index (χ3v) is 1.96. The molecule has 0 aromatic heterocycles. The maximum absolute atomic E-state index is 11.6. The molecule has 0 saturated heterocycles. The van der Waals surface area contributed by atoms with Crippen molar-refractivity contribution in [2.75, 3.05) is 21.2 Å². The largest absolute Gasteiger partial charge is 0.465 e. The van der Waals surface area contributed by atoms with Gasteiger partial charge in [0.15, 0.2) is 0 Å². The normalized spacial score (nSPS) is 10.3. The minimum atomic E-state index is -0.430. The molecule has 17 heavy (non-hydrogen) atoms. The molecule has 1 aromatic rings. The topological polar surface area (TPSA) is 59.0 Å². The lowest BCUT2D eigenvalue weighted by Gasteiger charge is -2.02. The van der Waals surface area contributed by atoms with Crippen molar-refractivity contribution in [3.05, 3.63) is 35.4 Å². The van der Waals surface area contributed by atoms with Gasteiger partial charge in [-0.1, -0.05) is 0 Å². The van der Waals surface area contributed by atoms with Crippen LogP contribution in [0.5, 0.6) is 0 Å². The van der Waals surface area contributed by atoms with Crippen LogP contribution in [0.4, 0.5) is 0 Å². The molecular formula is C12H14N2O3. The fraction of sp³-hybridized carbons (Fsp3) is 0.250. The molecule has 0 atom stereocenters. The molecule has 0 heterocycles. The van der Waals surface area contributed by atoms with Crippen LogP contribution in [0.25, 0.3) is 0 Å². The summed E-state index contributed by atoms with van der Waals surface area (Å²) < 4.78 is 4.56. The Labute approximate surface area is 99.7 Å². The maximum Gasteiger partial charge on any atom is 0.337 e. The van der Waals surface area contributed by atoms with Gasteiger partial charge in [0.05, 0.1) is 19.0 Å². The monoisotopic (exact) mass is 234 g/mol. The molecule has 5 nitrogen and oxygen atoms in total. The molecule has 0 aliphatic carbocycles. The molecule has 90 valence electrons. The van der Waals surface area contributed by atoms with E-state index in [1.807, 2.05) is 0 Å². The van der Waals surface area contributed by atoms with Gasteiger partial charge in [0.25, 0.3) is 5.91 Å². The number of rotatable bonds is 3. The second-order valence-electron chi connectivity index (χ2n) is 3.58. The number of benzene rings is 1. The van der Waals surface area contributed by atoms with E-state index in [1.165, 1.54) is 25.6 Å². The van der Waals surface area contributed by atoms with Gasteiger partial charge in [-0.05, 0) is 24.3 Å². The summed E-state index contributed by atoms with van der Waals surface area (Å²) in [6, 6.07) is 6.15. The van der Waals surface area contributed by atoms with Crippen LogP contribution in [0, 0.1) is 0 Å². The number of carbonyl (C=O) groups excluding carboxylic acids is 2. The minimum absolute atomic E-state index is 0.352. The summed E-state index contributed by atoms with van der Waals surface area (Å²) in [6.07, 6.45) is 1.43. The van der Waals surface area contributed by atoms with Gasteiger partial charge in [-0.15, -0.1) is 0 Å². The predicted molar refractivity (Wildman–Crippen MR) is 64.3 cm³/mol. The maximum atomic E-state index is 11.6. The average Bonchev–Trinajstić information content (AvgIpc) is 2.35. The molecule has 1 aromatic carbocycles. The van der Waals surface area contributed by atoms with Gasteiger partial charge in [-0.25, -0.2) is 4.79 Å². The first-order chi connectivity index (χ1) is 8.04. The van der Waals surface area contributed by atoms with Crippen molar-refractivity contribution in [1.29, 1.82) is 0 Å². The molecule has 0 spiro atoms. The molecule has 0 aliphatic rings. The molecule has 0 N–H and O–H groups in total. The van der Waals surface area contributed by atoms with Gasteiger partial charge >= 0.3 is 5.97 Å². The highest BCUT2D eigenvalue weighted by molar-refractivity contribution is 5.99. The van der Waals surface area contributed by atoms with Crippen LogP contribution >= 0.6 is 0 Å². The molecule has 5 heteroatoms. The fourth-order valence-electron chi connectivity index (χ4n) is 1.11. The van der Waals surface area contributed by atoms with Crippen LogP contribution in [0.2, 0.25) is 0 Å². The standard InChI is InChI=1S/C12H14N2O3/c1-14(2)8-13-11(15)9-4-6-10(7-5-9)12(16)17-3/h4-8H,1-3H3. The van der Waals surface area contributed by atoms with Crippen LogP contribution in [0.15, 0.2) is 29.3 Å². The number of hydrogen-bond donors (Lipinski definition) is 0. The molecule has 1 amide bonds. The third-order valence-electron chi connectivity index (χ3n) is 1.96. The van der Waals surface area contributed by atoms with Gasteiger partial charge in [-0.3, -0.25) is 4.79 Å². The number of amides is 1. The van der Waals surface area contributed by atoms with Gasteiger partial charge in [-0.2, -0.15) is 4.99 Å². The number of nitrogens with zero attached hydrogens (tertiary/aromatic N) is 2. The first-order valence-electron chi connectivity index (χ1n) is 4.98. The summed E-state index contributed by atoms with van der Waals surface area (Å²) in [5.41, 5.74) is 0.830. The van der Waals surface area contributed by atoms with Gasteiger partial charge in [0.2, 0.25) is 0 Å². The van der Waals surface area contributed by atoms with E-state index in [2.05, 4.69) is 9.73 Å². The Bertz CT molecular complexity index is 436. The zero-order valence-electron chi connectivity index (χ0n) is 10.0. The van der Waals surface area contributed by atoms with E-state index < -0.39 is 5.97 Å². The first kappa shape index (κ1) is 12.9. The Morgan fingerprint density at radius 2 is 1.71 bits per heavy atom. The summed E-state index contributed by atoms with van der Waals surface area (Å²) >= 11 is 0. The molecule has 0 fully saturated rings. The van der Waals surface area contributed by atoms with E-state index in [-0.39, 0.29) is 5.91 Å². The van der Waals surface area contributed by atoms with E-state index in [0.29, 0.717) is 11.1 Å². The van der Waals surface area contributed by atoms with Gasteiger partial charge < -0.3 is 9.64 Å². The molecular weight excluding hydrogens is 220 g/mol. The summed E-state index contributed by atoms with van der Waals surface area (Å²) in [5, 5.41) is 0. The number of carbonyl (C=O) groups is 2. The van der Waals surface area contributed by atoms with Gasteiger partial charge in [0.1, 0.15) is 0 Å². The molecule has 0 bridgehead atoms. The zero-order valence-corrected chi connectivity index (χ0v) is 10.0. The Balaban J connectivity index is 2.81. The second kappa shape index (κ2) is 5.79. The fourth-order valence-corrected chi connectivity index (χ4v) is 1.11. The van der Waals surface area contributed by atoms with E-state index >= 15 is 0 Å². The quantitative estimate of drug-likeness (QED) is 0.448. The number of aliphatic imine (C=N–C) groups is 1. The smallest absolute Gasteiger partial charge is 0.337 e. The summed E-state index contributed by atoms with van der Waals surface area (Å²) in [7, 11) is 4.86. The molecule has 0 radical (unpaired) electrons. The van der Waals surface area contributed by atoms with Crippen molar-refractivity contribution < 1.29 is 14.3 Å². The van der Waals surface area contributed by atoms with Crippen molar-refractivity contribution in [2.24, 2.45) is 4.99 Å². The number of esters is 1. The van der Waals surface area contributed by atoms with Crippen molar-refractivity contribution in [2.45, 2.75) is 0 Å².